The highest BCUT2D eigenvalue weighted by Gasteiger charge is 2.45. The van der Waals surface area contributed by atoms with Crippen LogP contribution in [-0.2, 0) is 67.0 Å². The standard InChI is InChI=1S/C47H56N4O13S3/c1-33-12-16-39-37(31-33)46(2,3)41(49(39)25-9-29-65(55,56)57)18-13-34(35-22-27-48(28-23-35)24-8-6-7-11-45(54)64-51-43(52)20-21-44(51)53)14-19-42-47(4,5)38-32-36(67(61,62)63)15-17-40(38)50(42)26-10-30-66(58,59)60/h12-19,22-23,27-28,31-32H,6-11,20-21,24-26,29-30H2,1-5H3,(H-2,55,56,57,58,59,60,61,62,63)/p+2. The number of carbonyl (C=O) groups excluding carboxylic acids is 3. The molecule has 3 aromatic rings. The van der Waals surface area contributed by atoms with E-state index in [4.69, 9.17) is 4.84 Å². The largest absolute Gasteiger partial charge is 0.344 e. The van der Waals surface area contributed by atoms with Crippen LogP contribution in [0, 0.1) is 6.92 Å². The summed E-state index contributed by atoms with van der Waals surface area (Å²) in [6.45, 7) is 11.0. The van der Waals surface area contributed by atoms with Crippen molar-refractivity contribution in [1.82, 2.24) is 5.06 Å². The zero-order chi connectivity index (χ0) is 49.1. The van der Waals surface area contributed by atoms with Crippen molar-refractivity contribution in [3.05, 3.63) is 113 Å². The number of benzene rings is 2. The maximum Gasteiger partial charge on any atom is 0.333 e. The highest BCUT2D eigenvalue weighted by Crippen LogP contribution is 2.48. The number of imide groups is 1. The molecule has 0 unspecified atom stereocenters. The van der Waals surface area contributed by atoms with E-state index in [-0.39, 0.29) is 43.5 Å². The summed E-state index contributed by atoms with van der Waals surface area (Å²) in [5.74, 6) is -2.61. The number of nitrogens with zero attached hydrogens (tertiary/aromatic N) is 4. The Balaban J connectivity index is 1.35. The zero-order valence-corrected chi connectivity index (χ0v) is 40.7. The van der Waals surface area contributed by atoms with Crippen LogP contribution in [0.25, 0.3) is 5.57 Å². The lowest BCUT2D eigenvalue weighted by Gasteiger charge is -2.27. The second-order valence-corrected chi connectivity index (χ2v) is 22.6. The molecule has 1 fully saturated rings. The van der Waals surface area contributed by atoms with Crippen molar-refractivity contribution >= 4 is 70.8 Å². The molecule has 3 aliphatic rings. The summed E-state index contributed by atoms with van der Waals surface area (Å²) in [5.41, 5.74) is 5.95. The van der Waals surface area contributed by atoms with Gasteiger partial charge in [-0.25, -0.2) is 9.36 Å². The van der Waals surface area contributed by atoms with E-state index in [1.807, 2.05) is 90.9 Å². The van der Waals surface area contributed by atoms with Crippen molar-refractivity contribution in [2.75, 3.05) is 29.5 Å². The van der Waals surface area contributed by atoms with E-state index >= 15 is 0 Å². The number of hydroxylamine groups is 2. The fourth-order valence-electron chi connectivity index (χ4n) is 8.83. The van der Waals surface area contributed by atoms with Crippen LogP contribution in [0.4, 0.5) is 11.4 Å². The van der Waals surface area contributed by atoms with E-state index in [2.05, 4.69) is 24.8 Å². The second-order valence-electron chi connectivity index (χ2n) is 18.1. The third-order valence-corrected chi connectivity index (χ3v) is 14.8. The van der Waals surface area contributed by atoms with Crippen LogP contribution >= 0.6 is 0 Å². The van der Waals surface area contributed by atoms with Crippen LogP contribution in [0.3, 0.4) is 0 Å². The van der Waals surface area contributed by atoms with Crippen LogP contribution in [0.2, 0.25) is 0 Å². The number of carbonyl (C=O) groups is 3. The van der Waals surface area contributed by atoms with Gasteiger partial charge in [-0.3, -0.25) is 23.2 Å². The Kier molecular flexibility index (Phi) is 15.3. The minimum atomic E-state index is -4.56. The third-order valence-electron chi connectivity index (χ3n) is 12.3. The van der Waals surface area contributed by atoms with Gasteiger partial charge in [-0.1, -0.05) is 37.6 Å². The molecular formula is C47H58N4O13S3+2. The SMILES string of the molecule is Cc1ccc2c(c1)C(C)(C)C(=CC=C(C=CC1=[N+](CCCS(=O)(=O)O)c3ccc(S(=O)(=O)O)cc3C1(C)C)c1cc[n+](CCCCCC(=O)ON3C(=O)CCC3=O)cc1)N2CCCS(=O)(=O)O. The van der Waals surface area contributed by atoms with Crippen LogP contribution in [0.1, 0.15) is 101 Å². The molecule has 0 saturated carbocycles. The molecule has 360 valence electrons. The number of amides is 2. The first-order chi connectivity index (χ1) is 31.3. The highest BCUT2D eigenvalue weighted by molar-refractivity contribution is 7.86. The summed E-state index contributed by atoms with van der Waals surface area (Å²) >= 11 is 0. The summed E-state index contributed by atoms with van der Waals surface area (Å²) in [5, 5.41) is 0.546. The molecule has 0 spiro atoms. The van der Waals surface area contributed by atoms with Crippen molar-refractivity contribution in [3.8, 4) is 0 Å². The Morgan fingerprint density at radius 2 is 1.43 bits per heavy atom. The van der Waals surface area contributed by atoms with Gasteiger partial charge in [-0.15, -0.1) is 5.06 Å². The Bertz CT molecular complexity index is 2900. The van der Waals surface area contributed by atoms with Crippen molar-refractivity contribution in [2.45, 2.75) is 108 Å². The van der Waals surface area contributed by atoms with Crippen molar-refractivity contribution in [2.24, 2.45) is 0 Å². The highest BCUT2D eigenvalue weighted by atomic mass is 32.2. The molecule has 1 aromatic heterocycles. The minimum Gasteiger partial charge on any atom is -0.344 e. The molecule has 0 radical (unpaired) electrons. The average molecular weight is 983 g/mol. The average Bonchev–Trinajstić information content (AvgIpc) is 3.74. The van der Waals surface area contributed by atoms with E-state index in [0.717, 1.165) is 40.1 Å². The van der Waals surface area contributed by atoms with E-state index in [1.165, 1.54) is 12.1 Å². The van der Waals surface area contributed by atoms with Gasteiger partial charge in [0.15, 0.2) is 18.1 Å². The van der Waals surface area contributed by atoms with Gasteiger partial charge in [0.25, 0.3) is 42.2 Å². The molecule has 0 aliphatic carbocycles. The molecule has 2 amide bonds. The Morgan fingerprint density at radius 3 is 2.07 bits per heavy atom. The molecule has 20 heteroatoms. The number of pyridine rings is 1. The maximum absolute atomic E-state index is 12.3. The van der Waals surface area contributed by atoms with Crippen LogP contribution < -0.4 is 9.47 Å². The molecule has 3 N–H and O–H groups in total. The van der Waals surface area contributed by atoms with Crippen LogP contribution in [-0.4, -0.2) is 96.6 Å². The molecule has 67 heavy (non-hydrogen) atoms. The smallest absolute Gasteiger partial charge is 0.333 e. The van der Waals surface area contributed by atoms with Crippen LogP contribution in [0.5, 0.6) is 0 Å². The predicted molar refractivity (Wildman–Crippen MR) is 250 cm³/mol. The van der Waals surface area contributed by atoms with E-state index < -0.39 is 70.5 Å². The normalized spacial score (nSPS) is 17.9. The quantitative estimate of drug-likeness (QED) is 0.0390. The lowest BCUT2D eigenvalue weighted by Crippen LogP contribution is -2.32. The maximum atomic E-state index is 12.3. The number of unbranched alkanes of at least 4 members (excludes halogenated alkanes) is 2. The number of rotatable bonds is 20. The van der Waals surface area contributed by atoms with Gasteiger partial charge in [0.2, 0.25) is 5.69 Å². The Hall–Kier alpha value is -5.38. The molecule has 6 rings (SSSR count). The predicted octanol–water partition coefficient (Wildman–Crippen LogP) is 5.95. The first kappa shape index (κ1) is 51.0. The Labute approximate surface area is 392 Å². The van der Waals surface area contributed by atoms with E-state index in [9.17, 15) is 53.3 Å². The molecule has 2 aromatic carbocycles. The second kappa shape index (κ2) is 20.1. The summed E-state index contributed by atoms with van der Waals surface area (Å²) in [6.07, 6.45) is 13.8. The minimum absolute atomic E-state index is 0.0243. The van der Waals surface area contributed by atoms with Crippen molar-refractivity contribution in [1.29, 1.82) is 0 Å². The molecule has 4 heterocycles. The number of hydrogen-bond donors (Lipinski definition) is 3. The molecule has 17 nitrogen and oxygen atoms in total. The van der Waals surface area contributed by atoms with Gasteiger partial charge < -0.3 is 9.74 Å². The molecule has 0 atom stereocenters. The van der Waals surface area contributed by atoms with Crippen molar-refractivity contribution in [3.63, 3.8) is 0 Å². The van der Waals surface area contributed by atoms with Gasteiger partial charge in [0.05, 0.1) is 21.8 Å². The molecule has 1 saturated heterocycles. The topological polar surface area (TPSA) is 237 Å². The van der Waals surface area contributed by atoms with Gasteiger partial charge in [0.1, 0.15) is 13.1 Å². The van der Waals surface area contributed by atoms with E-state index in [0.29, 0.717) is 48.0 Å². The summed E-state index contributed by atoms with van der Waals surface area (Å²) in [6, 6.07) is 14.2. The lowest BCUT2D eigenvalue weighted by atomic mass is 9.81. The first-order valence-electron chi connectivity index (χ1n) is 22.0. The van der Waals surface area contributed by atoms with Gasteiger partial charge in [0, 0.05) is 85.3 Å². The number of aryl methyl sites for hydroxylation is 2. The number of aromatic nitrogens is 1. The number of fused-ring (bicyclic) bond motifs is 2. The number of anilines is 1. The summed E-state index contributed by atoms with van der Waals surface area (Å²) in [7, 11) is -13.1. The fraction of sp³-hybridized carbons (Fsp3) is 0.426. The fourth-order valence-corrected chi connectivity index (χ4v) is 10.3. The third kappa shape index (κ3) is 12.4. The van der Waals surface area contributed by atoms with Gasteiger partial charge in [-0.2, -0.15) is 29.8 Å². The van der Waals surface area contributed by atoms with Crippen molar-refractivity contribution < 1.29 is 67.3 Å². The monoisotopic (exact) mass is 982 g/mol. The number of hydrogen-bond acceptors (Lipinski definition) is 11. The summed E-state index contributed by atoms with van der Waals surface area (Å²) in [4.78, 5) is 42.6. The molecule has 0 bridgehead atoms. The van der Waals surface area contributed by atoms with Crippen LogP contribution in [0.15, 0.2) is 95.8 Å². The Morgan fingerprint density at radius 1 is 0.776 bits per heavy atom. The lowest BCUT2D eigenvalue weighted by molar-refractivity contribution is -0.697. The summed E-state index contributed by atoms with van der Waals surface area (Å²) < 4.78 is 104. The van der Waals surface area contributed by atoms with E-state index in [1.54, 1.807) is 6.07 Å². The van der Waals surface area contributed by atoms with Gasteiger partial charge in [-0.05, 0) is 87.1 Å². The molecular weight excluding hydrogens is 925 g/mol. The first-order valence-corrected chi connectivity index (χ1v) is 26.6. The zero-order valence-electron chi connectivity index (χ0n) is 38.2. The van der Waals surface area contributed by atoms with Gasteiger partial charge >= 0.3 is 5.97 Å². The molecule has 3 aliphatic heterocycles. The number of allylic oxidation sites excluding steroid dienone is 6.